The fraction of sp³-hybridized carbons (Fsp3) is 0.167. The second kappa shape index (κ2) is 12.1. The minimum Gasteiger partial charge on any atom is -0.497 e. The third-order valence-corrected chi connectivity index (χ3v) is 8.74. The minimum atomic E-state index is -4.01. The summed E-state index contributed by atoms with van der Waals surface area (Å²) in [4.78, 5) is 26.0. The Morgan fingerprint density at radius 3 is 2.45 bits per heavy atom. The van der Waals surface area contributed by atoms with Gasteiger partial charge in [0.15, 0.2) is 6.61 Å². The van der Waals surface area contributed by atoms with Crippen LogP contribution in [0.15, 0.2) is 106 Å². The molecular formula is C30H26ClN3O7S. The highest BCUT2D eigenvalue weighted by Gasteiger charge is 2.35. The molecule has 12 heteroatoms. The molecule has 0 fully saturated rings. The first-order valence-corrected chi connectivity index (χ1v) is 14.6. The molecule has 1 aliphatic heterocycles. The predicted molar refractivity (Wildman–Crippen MR) is 156 cm³/mol. The maximum absolute atomic E-state index is 13.3. The number of hydrogen-bond acceptors (Lipinski definition) is 8. The summed E-state index contributed by atoms with van der Waals surface area (Å²) in [5, 5.41) is 6.30. The van der Waals surface area contributed by atoms with Gasteiger partial charge in [0.05, 0.1) is 35.2 Å². The fourth-order valence-corrected chi connectivity index (χ4v) is 5.78. The number of amides is 1. The lowest BCUT2D eigenvalue weighted by molar-refractivity contribution is -0.136. The van der Waals surface area contributed by atoms with E-state index in [1.165, 1.54) is 49.7 Å². The standard InChI is InChI=1S/C30H26ClN3O7S/c1-33(23-12-14-24(39-2)15-13-23)42(37,38)25-6-3-5-21(17-25)30(36)41-19-29(35)34-27(28-7-4-16-40-28)18-26(32-34)20-8-10-22(31)11-9-20/h3-17,27H,18-19H2,1-2H3/t27-/m1/s1. The zero-order valence-corrected chi connectivity index (χ0v) is 24.2. The molecule has 1 aliphatic rings. The monoisotopic (exact) mass is 607 g/mol. The molecule has 1 amide bonds. The van der Waals surface area contributed by atoms with Crippen LogP contribution >= 0.6 is 11.6 Å². The largest absolute Gasteiger partial charge is 0.497 e. The Kier molecular flexibility index (Phi) is 8.32. The summed E-state index contributed by atoms with van der Waals surface area (Å²) in [7, 11) is -1.08. The molecule has 0 aliphatic carbocycles. The molecule has 1 aromatic heterocycles. The molecule has 0 saturated carbocycles. The van der Waals surface area contributed by atoms with Crippen molar-refractivity contribution in [2.75, 3.05) is 25.1 Å². The number of hydrogen-bond donors (Lipinski definition) is 0. The number of carbonyl (C=O) groups excluding carboxylic acids is 2. The number of anilines is 1. The van der Waals surface area contributed by atoms with Gasteiger partial charge in [-0.3, -0.25) is 9.10 Å². The third-order valence-electron chi connectivity index (χ3n) is 6.71. The Morgan fingerprint density at radius 2 is 1.79 bits per heavy atom. The van der Waals surface area contributed by atoms with Crippen molar-refractivity contribution in [3.63, 3.8) is 0 Å². The quantitative estimate of drug-likeness (QED) is 0.237. The highest BCUT2D eigenvalue weighted by atomic mass is 35.5. The summed E-state index contributed by atoms with van der Waals surface area (Å²) in [6.07, 6.45) is 1.89. The molecule has 42 heavy (non-hydrogen) atoms. The molecule has 0 unspecified atom stereocenters. The summed E-state index contributed by atoms with van der Waals surface area (Å²) < 4.78 is 43.6. The molecule has 0 bridgehead atoms. The molecule has 1 atom stereocenters. The first-order valence-electron chi connectivity index (χ1n) is 12.8. The van der Waals surface area contributed by atoms with E-state index in [-0.39, 0.29) is 10.5 Å². The summed E-state index contributed by atoms with van der Waals surface area (Å²) in [6.45, 7) is -0.615. The van der Waals surface area contributed by atoms with E-state index in [1.54, 1.807) is 48.5 Å². The summed E-state index contributed by atoms with van der Waals surface area (Å²) in [5.41, 5.74) is 1.82. The Hall–Kier alpha value is -4.61. The predicted octanol–water partition coefficient (Wildman–Crippen LogP) is 5.30. The summed E-state index contributed by atoms with van der Waals surface area (Å²) in [6, 6.07) is 21.9. The SMILES string of the molecule is COc1ccc(N(C)S(=O)(=O)c2cccc(C(=O)OCC(=O)N3N=C(c4ccc(Cl)cc4)C[C@@H]3c3ccco3)c2)cc1. The van der Waals surface area contributed by atoms with E-state index in [4.69, 9.17) is 25.5 Å². The van der Waals surface area contributed by atoms with Gasteiger partial charge in [0.2, 0.25) is 0 Å². The van der Waals surface area contributed by atoms with Crippen LogP contribution in [0.2, 0.25) is 5.02 Å². The number of carbonyl (C=O) groups is 2. The maximum atomic E-state index is 13.3. The number of methoxy groups -OCH3 is 1. The van der Waals surface area contributed by atoms with E-state index in [0.717, 1.165) is 9.87 Å². The molecule has 216 valence electrons. The lowest BCUT2D eigenvalue weighted by Gasteiger charge is -2.20. The molecule has 0 saturated heterocycles. The molecule has 0 N–H and O–H groups in total. The Labute approximate surface area is 247 Å². The van der Waals surface area contributed by atoms with Gasteiger partial charge in [-0.25, -0.2) is 18.2 Å². The van der Waals surface area contributed by atoms with Crippen molar-refractivity contribution in [3.05, 3.63) is 113 Å². The highest BCUT2D eigenvalue weighted by Crippen LogP contribution is 2.33. The maximum Gasteiger partial charge on any atom is 0.338 e. The second-order valence-corrected chi connectivity index (χ2v) is 11.7. The zero-order valence-electron chi connectivity index (χ0n) is 22.6. The fourth-order valence-electron chi connectivity index (χ4n) is 4.41. The van der Waals surface area contributed by atoms with Crippen molar-refractivity contribution in [1.82, 2.24) is 5.01 Å². The molecule has 0 spiro atoms. The second-order valence-electron chi connectivity index (χ2n) is 9.30. The number of esters is 1. The van der Waals surface area contributed by atoms with E-state index in [2.05, 4.69) is 5.10 Å². The molecule has 2 heterocycles. The average molecular weight is 608 g/mol. The van der Waals surface area contributed by atoms with Crippen LogP contribution in [0.4, 0.5) is 5.69 Å². The van der Waals surface area contributed by atoms with Gasteiger partial charge in [-0.2, -0.15) is 5.10 Å². The lowest BCUT2D eigenvalue weighted by Crippen LogP contribution is -2.31. The van der Waals surface area contributed by atoms with Crippen LogP contribution in [0.5, 0.6) is 5.75 Å². The van der Waals surface area contributed by atoms with E-state index in [1.807, 2.05) is 12.1 Å². The Balaban J connectivity index is 1.30. The van der Waals surface area contributed by atoms with Crippen LogP contribution in [-0.2, 0) is 19.6 Å². The van der Waals surface area contributed by atoms with Gasteiger partial charge in [-0.1, -0.05) is 29.8 Å². The minimum absolute atomic E-state index is 0.0265. The summed E-state index contributed by atoms with van der Waals surface area (Å²) >= 11 is 6.01. The highest BCUT2D eigenvalue weighted by molar-refractivity contribution is 7.92. The van der Waals surface area contributed by atoms with E-state index >= 15 is 0 Å². The van der Waals surface area contributed by atoms with Crippen LogP contribution < -0.4 is 9.04 Å². The van der Waals surface area contributed by atoms with Crippen LogP contribution in [0, 0.1) is 0 Å². The van der Waals surface area contributed by atoms with Crippen LogP contribution in [-0.4, -0.2) is 51.8 Å². The Bertz CT molecular complexity index is 1720. The number of benzene rings is 3. The molecular weight excluding hydrogens is 582 g/mol. The molecule has 4 aromatic rings. The van der Waals surface area contributed by atoms with Crippen LogP contribution in [0.1, 0.15) is 34.1 Å². The number of hydrazone groups is 1. The van der Waals surface area contributed by atoms with Crippen molar-refractivity contribution < 1.29 is 31.9 Å². The number of furan rings is 1. The number of ether oxygens (including phenoxy) is 2. The topological polar surface area (TPSA) is 119 Å². The van der Waals surface area contributed by atoms with Crippen molar-refractivity contribution in [3.8, 4) is 5.75 Å². The average Bonchev–Trinajstić information content (AvgIpc) is 3.71. The Morgan fingerprint density at radius 1 is 1.05 bits per heavy atom. The molecule has 5 rings (SSSR count). The number of nitrogens with zero attached hydrogens (tertiary/aromatic N) is 3. The molecule has 10 nitrogen and oxygen atoms in total. The number of halogens is 1. The van der Waals surface area contributed by atoms with Crippen molar-refractivity contribution in [2.45, 2.75) is 17.4 Å². The van der Waals surface area contributed by atoms with Gasteiger partial charge in [-0.05, 0) is 72.3 Å². The van der Waals surface area contributed by atoms with Crippen molar-refractivity contribution >= 4 is 44.9 Å². The third kappa shape index (κ3) is 6.02. The molecule has 3 aromatic carbocycles. The summed E-state index contributed by atoms with van der Waals surface area (Å²) in [5.74, 6) is -0.318. The van der Waals surface area contributed by atoms with Crippen LogP contribution in [0.25, 0.3) is 0 Å². The van der Waals surface area contributed by atoms with Gasteiger partial charge in [0.25, 0.3) is 15.9 Å². The van der Waals surface area contributed by atoms with E-state index in [9.17, 15) is 18.0 Å². The van der Waals surface area contributed by atoms with Gasteiger partial charge in [-0.15, -0.1) is 0 Å². The van der Waals surface area contributed by atoms with E-state index in [0.29, 0.717) is 34.4 Å². The number of sulfonamides is 1. The molecule has 0 radical (unpaired) electrons. The van der Waals surface area contributed by atoms with Gasteiger partial charge in [0.1, 0.15) is 17.6 Å². The normalized spacial score (nSPS) is 14.8. The first-order chi connectivity index (χ1) is 20.2. The van der Waals surface area contributed by atoms with Crippen molar-refractivity contribution in [1.29, 1.82) is 0 Å². The van der Waals surface area contributed by atoms with Gasteiger partial charge >= 0.3 is 5.97 Å². The smallest absolute Gasteiger partial charge is 0.338 e. The van der Waals surface area contributed by atoms with Crippen LogP contribution in [0.3, 0.4) is 0 Å². The van der Waals surface area contributed by atoms with Crippen molar-refractivity contribution in [2.24, 2.45) is 5.10 Å². The first kappa shape index (κ1) is 28.9. The van der Waals surface area contributed by atoms with Gasteiger partial charge < -0.3 is 13.9 Å². The zero-order chi connectivity index (χ0) is 29.9. The number of rotatable bonds is 9. The lowest BCUT2D eigenvalue weighted by atomic mass is 10.0. The van der Waals surface area contributed by atoms with E-state index < -0.39 is 34.5 Å². The van der Waals surface area contributed by atoms with Gasteiger partial charge in [0, 0.05) is 18.5 Å².